The Kier molecular flexibility index (Phi) is 1.69. The Hall–Kier alpha value is -1.58. The molecule has 0 spiro atoms. The van der Waals surface area contributed by atoms with E-state index in [2.05, 4.69) is 22.1 Å². The summed E-state index contributed by atoms with van der Waals surface area (Å²) in [4.78, 5) is 3.05. The molecule has 13 heavy (non-hydrogen) atoms. The van der Waals surface area contributed by atoms with Crippen LogP contribution in [0.1, 0.15) is 11.4 Å². The average Bonchev–Trinajstić information content (AvgIpc) is 2.62. The number of aromatic nitrogens is 4. The number of aryl methyl sites for hydroxylation is 2. The zero-order valence-electron chi connectivity index (χ0n) is 8.00. The fourth-order valence-corrected chi connectivity index (χ4v) is 1.32. The summed E-state index contributed by atoms with van der Waals surface area (Å²) in [5, 5.41) is 8.12. The smallest absolute Gasteiger partial charge is 0.165 e. The van der Waals surface area contributed by atoms with Gasteiger partial charge in [0.2, 0.25) is 0 Å². The Balaban J connectivity index is 2.59. The first-order chi connectivity index (χ1) is 6.20. The van der Waals surface area contributed by atoms with E-state index in [0.717, 1.165) is 17.2 Å². The highest BCUT2D eigenvalue weighted by Gasteiger charge is 2.09. The van der Waals surface area contributed by atoms with Crippen molar-refractivity contribution in [1.29, 1.82) is 0 Å². The van der Waals surface area contributed by atoms with Gasteiger partial charge in [0.25, 0.3) is 0 Å². The average molecular weight is 176 g/mol. The monoisotopic (exact) mass is 176 g/mol. The van der Waals surface area contributed by atoms with Crippen molar-refractivity contribution in [3.05, 3.63) is 23.8 Å². The third kappa shape index (κ3) is 1.14. The van der Waals surface area contributed by atoms with Crippen molar-refractivity contribution in [2.24, 2.45) is 7.05 Å². The molecule has 0 aliphatic rings. The zero-order valence-corrected chi connectivity index (χ0v) is 8.00. The van der Waals surface area contributed by atoms with Crippen LogP contribution in [0.2, 0.25) is 0 Å². The summed E-state index contributed by atoms with van der Waals surface area (Å²) in [5.74, 6) is 1.84. The van der Waals surface area contributed by atoms with E-state index in [1.54, 1.807) is 0 Å². The van der Waals surface area contributed by atoms with Gasteiger partial charge in [0.1, 0.15) is 5.82 Å². The topological polar surface area (TPSA) is 46.5 Å². The second kappa shape index (κ2) is 2.73. The number of rotatable bonds is 1. The fourth-order valence-electron chi connectivity index (χ4n) is 1.32. The number of nitrogens with one attached hydrogen (secondary N) is 1. The van der Waals surface area contributed by atoms with Crippen molar-refractivity contribution >= 4 is 0 Å². The maximum atomic E-state index is 4.11. The Morgan fingerprint density at radius 2 is 2.00 bits per heavy atom. The van der Waals surface area contributed by atoms with Gasteiger partial charge < -0.3 is 9.55 Å². The lowest BCUT2D eigenvalue weighted by atomic mass is 10.2. The lowest BCUT2D eigenvalue weighted by molar-refractivity contribution is 0.864. The predicted molar refractivity (Wildman–Crippen MR) is 50.3 cm³/mol. The first-order valence-electron chi connectivity index (χ1n) is 4.20. The summed E-state index contributed by atoms with van der Waals surface area (Å²) in [6.07, 6.45) is 3.90. The van der Waals surface area contributed by atoms with Gasteiger partial charge in [-0.25, -0.2) is 0 Å². The maximum Gasteiger partial charge on any atom is 0.165 e. The van der Waals surface area contributed by atoms with Crippen molar-refractivity contribution in [3.8, 4) is 11.4 Å². The number of H-pyrrole nitrogens is 1. The highest BCUT2D eigenvalue weighted by atomic mass is 15.3. The molecule has 0 bridgehead atoms. The van der Waals surface area contributed by atoms with Gasteiger partial charge in [-0.3, -0.25) is 0 Å². The molecule has 1 N–H and O–H groups in total. The molecule has 0 aliphatic carbocycles. The summed E-state index contributed by atoms with van der Waals surface area (Å²) in [6.45, 7) is 3.99. The van der Waals surface area contributed by atoms with Crippen LogP contribution in [0.15, 0.2) is 12.4 Å². The van der Waals surface area contributed by atoms with Crippen molar-refractivity contribution in [2.75, 3.05) is 0 Å². The molecule has 0 amide bonds. The highest BCUT2D eigenvalue weighted by Crippen LogP contribution is 2.20. The van der Waals surface area contributed by atoms with Gasteiger partial charge in [-0.15, -0.1) is 10.2 Å². The molecule has 0 fully saturated rings. The molecule has 0 aromatic carbocycles. The van der Waals surface area contributed by atoms with Crippen LogP contribution in [0, 0.1) is 13.8 Å². The van der Waals surface area contributed by atoms with E-state index in [1.165, 1.54) is 5.56 Å². The molecule has 4 nitrogen and oxygen atoms in total. The summed E-state index contributed by atoms with van der Waals surface area (Å²) >= 11 is 0. The van der Waals surface area contributed by atoms with Crippen LogP contribution in [0.3, 0.4) is 0 Å². The molecule has 4 heteroatoms. The summed E-state index contributed by atoms with van der Waals surface area (Å²) < 4.78 is 1.98. The molecule has 2 heterocycles. The fraction of sp³-hybridized carbons (Fsp3) is 0.333. The predicted octanol–water partition coefficient (Wildman–Crippen LogP) is 1.43. The van der Waals surface area contributed by atoms with Gasteiger partial charge in [-0.05, 0) is 19.4 Å². The van der Waals surface area contributed by atoms with Crippen LogP contribution in [0.25, 0.3) is 11.4 Å². The van der Waals surface area contributed by atoms with Gasteiger partial charge in [0, 0.05) is 25.0 Å². The summed E-state index contributed by atoms with van der Waals surface area (Å²) in [5.41, 5.74) is 2.30. The molecule has 0 atom stereocenters. The minimum Gasteiger partial charge on any atom is -0.367 e. The second-order valence-corrected chi connectivity index (χ2v) is 3.18. The molecule has 0 saturated carbocycles. The third-order valence-corrected chi connectivity index (χ3v) is 2.29. The lowest BCUT2D eigenvalue weighted by Gasteiger charge is -1.99. The molecule has 2 aromatic rings. The zero-order chi connectivity index (χ0) is 9.42. The Morgan fingerprint density at radius 3 is 2.46 bits per heavy atom. The van der Waals surface area contributed by atoms with Crippen LogP contribution in [0.4, 0.5) is 0 Å². The van der Waals surface area contributed by atoms with Gasteiger partial charge >= 0.3 is 0 Å². The number of hydrogen-bond acceptors (Lipinski definition) is 2. The molecule has 0 aliphatic heterocycles. The van der Waals surface area contributed by atoms with E-state index in [4.69, 9.17) is 0 Å². The lowest BCUT2D eigenvalue weighted by Crippen LogP contribution is -1.94. The van der Waals surface area contributed by atoms with Gasteiger partial charge in [-0.1, -0.05) is 0 Å². The van der Waals surface area contributed by atoms with Crippen molar-refractivity contribution in [1.82, 2.24) is 19.7 Å². The first kappa shape index (κ1) is 8.04. The van der Waals surface area contributed by atoms with E-state index < -0.39 is 0 Å². The summed E-state index contributed by atoms with van der Waals surface area (Å²) in [6, 6.07) is 0. The van der Waals surface area contributed by atoms with E-state index in [0.29, 0.717) is 0 Å². The molecule has 68 valence electrons. The number of hydrogen-bond donors (Lipinski definition) is 1. The summed E-state index contributed by atoms with van der Waals surface area (Å²) in [7, 11) is 1.97. The standard InChI is InChI=1S/C9H12N4/c1-6-4-10-5-8(6)9-12-11-7(2)13(9)3/h4-5,10H,1-3H3. The first-order valence-corrected chi connectivity index (χ1v) is 4.20. The quantitative estimate of drug-likeness (QED) is 0.714. The molecule has 0 saturated heterocycles. The van der Waals surface area contributed by atoms with Crippen LogP contribution in [-0.4, -0.2) is 19.7 Å². The van der Waals surface area contributed by atoms with Gasteiger partial charge in [0.05, 0.1) is 0 Å². The van der Waals surface area contributed by atoms with Crippen LogP contribution < -0.4 is 0 Å². The minimum absolute atomic E-state index is 0.913. The molecule has 2 aromatic heterocycles. The van der Waals surface area contributed by atoms with Crippen LogP contribution >= 0.6 is 0 Å². The van der Waals surface area contributed by atoms with E-state index >= 15 is 0 Å². The second-order valence-electron chi connectivity index (χ2n) is 3.18. The van der Waals surface area contributed by atoms with Crippen molar-refractivity contribution in [3.63, 3.8) is 0 Å². The minimum atomic E-state index is 0.913. The maximum absolute atomic E-state index is 4.11. The van der Waals surface area contributed by atoms with Crippen molar-refractivity contribution < 1.29 is 0 Å². The SMILES string of the molecule is Cc1c[nH]cc1-c1nnc(C)n1C. The Bertz CT molecular complexity index is 425. The van der Waals surface area contributed by atoms with Gasteiger partial charge in [-0.2, -0.15) is 0 Å². The molecular weight excluding hydrogens is 164 g/mol. The highest BCUT2D eigenvalue weighted by molar-refractivity contribution is 5.58. The van der Waals surface area contributed by atoms with E-state index in [-0.39, 0.29) is 0 Å². The molecule has 2 rings (SSSR count). The Morgan fingerprint density at radius 1 is 1.23 bits per heavy atom. The molecule has 0 radical (unpaired) electrons. The van der Waals surface area contributed by atoms with Gasteiger partial charge in [0.15, 0.2) is 5.82 Å². The third-order valence-electron chi connectivity index (χ3n) is 2.29. The normalized spacial score (nSPS) is 10.7. The van der Waals surface area contributed by atoms with E-state index in [9.17, 15) is 0 Å². The largest absolute Gasteiger partial charge is 0.367 e. The number of nitrogens with zero attached hydrogens (tertiary/aromatic N) is 3. The van der Waals surface area contributed by atoms with Crippen LogP contribution in [0.5, 0.6) is 0 Å². The molecular formula is C9H12N4. The molecule has 0 unspecified atom stereocenters. The van der Waals surface area contributed by atoms with Crippen LogP contribution in [-0.2, 0) is 7.05 Å². The van der Waals surface area contributed by atoms with E-state index in [1.807, 2.05) is 30.9 Å². The Labute approximate surface area is 76.6 Å². The van der Waals surface area contributed by atoms with Crippen molar-refractivity contribution in [2.45, 2.75) is 13.8 Å². The number of aromatic amines is 1.